The summed E-state index contributed by atoms with van der Waals surface area (Å²) in [6.45, 7) is 9.01. The molecule has 0 spiro atoms. The molecule has 0 N–H and O–H groups in total. The second-order valence-electron chi connectivity index (χ2n) is 4.96. The van der Waals surface area contributed by atoms with Gasteiger partial charge in [-0.2, -0.15) is 0 Å². The maximum absolute atomic E-state index is 4.45. The Hall–Kier alpha value is -0.370. The van der Waals surface area contributed by atoms with Crippen LogP contribution in [0.2, 0.25) is 0 Å². The van der Waals surface area contributed by atoms with Gasteiger partial charge in [0.05, 0.1) is 5.01 Å². The molecule has 1 aromatic rings. The lowest BCUT2D eigenvalue weighted by Crippen LogP contribution is -1.88. The van der Waals surface area contributed by atoms with E-state index in [0.29, 0.717) is 5.92 Å². The van der Waals surface area contributed by atoms with E-state index in [4.69, 9.17) is 0 Å². The molecule has 0 aromatic carbocycles. The van der Waals surface area contributed by atoms with Crippen molar-refractivity contribution in [3.63, 3.8) is 0 Å². The lowest BCUT2D eigenvalue weighted by Gasteiger charge is -2.02. The predicted molar refractivity (Wildman–Crippen MR) is 68.6 cm³/mol. The van der Waals surface area contributed by atoms with Gasteiger partial charge < -0.3 is 0 Å². The summed E-state index contributed by atoms with van der Waals surface area (Å²) in [4.78, 5) is 5.91. The smallest absolute Gasteiger partial charge is 0.0953 e. The molecular weight excluding hydrogens is 202 g/mol. The molecule has 0 radical (unpaired) electrons. The summed E-state index contributed by atoms with van der Waals surface area (Å²) in [5, 5.41) is 1.29. The maximum Gasteiger partial charge on any atom is 0.0953 e. The first-order valence-corrected chi connectivity index (χ1v) is 6.86. The van der Waals surface area contributed by atoms with Gasteiger partial charge >= 0.3 is 0 Å². The fourth-order valence-electron chi connectivity index (χ4n) is 1.56. The molecule has 86 valence electrons. The van der Waals surface area contributed by atoms with Crippen LogP contribution in [0.15, 0.2) is 6.20 Å². The number of aryl methyl sites for hydroxylation is 1. The quantitative estimate of drug-likeness (QED) is 0.643. The van der Waals surface area contributed by atoms with Crippen LogP contribution in [-0.2, 0) is 6.42 Å². The number of rotatable bonds is 6. The van der Waals surface area contributed by atoms with E-state index in [1.165, 1.54) is 35.6 Å². The molecule has 0 fully saturated rings. The number of hydrogen-bond donors (Lipinski definition) is 0. The second-order valence-corrected chi connectivity index (χ2v) is 6.11. The third-order valence-corrected chi connectivity index (χ3v) is 3.88. The van der Waals surface area contributed by atoms with Crippen LogP contribution in [0.4, 0.5) is 0 Å². The topological polar surface area (TPSA) is 12.9 Å². The van der Waals surface area contributed by atoms with Crippen LogP contribution in [0, 0.1) is 5.92 Å². The average molecular weight is 225 g/mol. The van der Waals surface area contributed by atoms with E-state index in [1.54, 1.807) is 0 Å². The molecular formula is C13H23NS. The van der Waals surface area contributed by atoms with E-state index in [9.17, 15) is 0 Å². The minimum absolute atomic E-state index is 0.583. The second kappa shape index (κ2) is 6.26. The minimum Gasteiger partial charge on any atom is -0.249 e. The van der Waals surface area contributed by atoms with Gasteiger partial charge in [-0.1, -0.05) is 40.5 Å². The summed E-state index contributed by atoms with van der Waals surface area (Å²) in [6.07, 6.45) is 7.31. The molecule has 1 aromatic heterocycles. The van der Waals surface area contributed by atoms with Gasteiger partial charge in [-0.3, -0.25) is 0 Å². The highest BCUT2D eigenvalue weighted by Gasteiger charge is 2.05. The third kappa shape index (κ3) is 4.78. The first-order chi connectivity index (χ1) is 7.09. The number of aromatic nitrogens is 1. The molecule has 0 aliphatic carbocycles. The van der Waals surface area contributed by atoms with Crippen molar-refractivity contribution in [2.24, 2.45) is 5.92 Å². The fraction of sp³-hybridized carbons (Fsp3) is 0.769. The number of unbranched alkanes of at least 4 members (excludes halogenated alkanes) is 1. The normalized spacial score (nSPS) is 11.6. The van der Waals surface area contributed by atoms with E-state index >= 15 is 0 Å². The van der Waals surface area contributed by atoms with Gasteiger partial charge in [-0.15, -0.1) is 11.3 Å². The molecule has 1 heterocycles. The Morgan fingerprint density at radius 3 is 2.47 bits per heavy atom. The minimum atomic E-state index is 0.583. The largest absolute Gasteiger partial charge is 0.249 e. The standard InChI is InChI=1S/C13H23NS/c1-10(2)7-5-6-8-12-9-14-13(15-12)11(3)4/h9-11H,5-8H2,1-4H3. The Labute approximate surface area is 97.9 Å². The summed E-state index contributed by atoms with van der Waals surface area (Å²) in [7, 11) is 0. The van der Waals surface area contributed by atoms with E-state index < -0.39 is 0 Å². The highest BCUT2D eigenvalue weighted by molar-refractivity contribution is 7.11. The molecule has 0 saturated heterocycles. The summed E-state index contributed by atoms with van der Waals surface area (Å²) in [5.41, 5.74) is 0. The maximum atomic E-state index is 4.45. The van der Waals surface area contributed by atoms with E-state index in [2.05, 4.69) is 38.9 Å². The number of nitrogens with zero attached hydrogens (tertiary/aromatic N) is 1. The fourth-order valence-corrected chi connectivity index (χ4v) is 2.52. The van der Waals surface area contributed by atoms with Crippen LogP contribution in [0.1, 0.15) is 62.8 Å². The highest BCUT2D eigenvalue weighted by Crippen LogP contribution is 2.22. The highest BCUT2D eigenvalue weighted by atomic mass is 32.1. The Kier molecular flexibility index (Phi) is 5.30. The molecule has 2 heteroatoms. The van der Waals surface area contributed by atoms with Crippen LogP contribution < -0.4 is 0 Å². The molecule has 0 bridgehead atoms. The van der Waals surface area contributed by atoms with Crippen LogP contribution in [-0.4, -0.2) is 4.98 Å². The van der Waals surface area contributed by atoms with Crippen molar-refractivity contribution in [3.05, 3.63) is 16.1 Å². The van der Waals surface area contributed by atoms with Crippen molar-refractivity contribution in [3.8, 4) is 0 Å². The summed E-state index contributed by atoms with van der Waals surface area (Å²) in [6, 6.07) is 0. The van der Waals surface area contributed by atoms with Gasteiger partial charge in [0.2, 0.25) is 0 Å². The molecule has 0 unspecified atom stereocenters. The molecule has 15 heavy (non-hydrogen) atoms. The van der Waals surface area contributed by atoms with E-state index in [1.807, 2.05) is 11.3 Å². The van der Waals surface area contributed by atoms with Crippen molar-refractivity contribution in [2.45, 2.75) is 59.3 Å². The van der Waals surface area contributed by atoms with Crippen LogP contribution in [0.5, 0.6) is 0 Å². The SMILES string of the molecule is CC(C)CCCCc1cnc(C(C)C)s1. The van der Waals surface area contributed by atoms with Gasteiger partial charge in [0.15, 0.2) is 0 Å². The van der Waals surface area contributed by atoms with Crippen molar-refractivity contribution in [2.75, 3.05) is 0 Å². The van der Waals surface area contributed by atoms with Gasteiger partial charge in [0.25, 0.3) is 0 Å². The Balaban J connectivity index is 2.26. The third-order valence-electron chi connectivity index (χ3n) is 2.52. The summed E-state index contributed by atoms with van der Waals surface area (Å²) in [5.74, 6) is 1.43. The summed E-state index contributed by atoms with van der Waals surface area (Å²) < 4.78 is 0. The Morgan fingerprint density at radius 1 is 1.20 bits per heavy atom. The number of hydrogen-bond acceptors (Lipinski definition) is 2. The first-order valence-electron chi connectivity index (χ1n) is 6.04. The van der Waals surface area contributed by atoms with Gasteiger partial charge in [-0.25, -0.2) is 4.98 Å². The Bertz CT molecular complexity index is 276. The lowest BCUT2D eigenvalue weighted by atomic mass is 10.1. The lowest BCUT2D eigenvalue weighted by molar-refractivity contribution is 0.539. The van der Waals surface area contributed by atoms with E-state index in [0.717, 1.165) is 5.92 Å². The van der Waals surface area contributed by atoms with Gasteiger partial charge in [0, 0.05) is 17.0 Å². The zero-order valence-electron chi connectivity index (χ0n) is 10.4. The monoisotopic (exact) mass is 225 g/mol. The van der Waals surface area contributed by atoms with Crippen LogP contribution in [0.25, 0.3) is 0 Å². The summed E-state index contributed by atoms with van der Waals surface area (Å²) >= 11 is 1.89. The molecule has 0 saturated carbocycles. The molecule has 0 aliphatic heterocycles. The van der Waals surface area contributed by atoms with Crippen LogP contribution >= 0.6 is 11.3 Å². The van der Waals surface area contributed by atoms with Crippen molar-refractivity contribution < 1.29 is 0 Å². The van der Waals surface area contributed by atoms with E-state index in [-0.39, 0.29) is 0 Å². The molecule has 1 rings (SSSR count). The van der Waals surface area contributed by atoms with Gasteiger partial charge in [-0.05, 0) is 18.8 Å². The molecule has 0 amide bonds. The van der Waals surface area contributed by atoms with Crippen LogP contribution in [0.3, 0.4) is 0 Å². The van der Waals surface area contributed by atoms with Crippen molar-refractivity contribution in [1.29, 1.82) is 0 Å². The van der Waals surface area contributed by atoms with Gasteiger partial charge in [0.1, 0.15) is 0 Å². The zero-order chi connectivity index (χ0) is 11.3. The average Bonchev–Trinajstić information content (AvgIpc) is 2.60. The molecule has 0 atom stereocenters. The number of thiazole rings is 1. The molecule has 0 aliphatic rings. The first kappa shape index (κ1) is 12.7. The Morgan fingerprint density at radius 2 is 1.93 bits per heavy atom. The van der Waals surface area contributed by atoms with Crippen molar-refractivity contribution >= 4 is 11.3 Å². The molecule has 1 nitrogen and oxygen atoms in total. The predicted octanol–water partition coefficient (Wildman–Crippen LogP) is 4.64. The zero-order valence-corrected chi connectivity index (χ0v) is 11.2. The van der Waals surface area contributed by atoms with Crippen molar-refractivity contribution in [1.82, 2.24) is 4.98 Å².